The minimum Gasteiger partial charge on any atom is -0.454 e. The van der Waals surface area contributed by atoms with Crippen molar-refractivity contribution in [2.45, 2.75) is 19.9 Å². The molecule has 3 aromatic rings. The van der Waals surface area contributed by atoms with Crippen LogP contribution in [-0.2, 0) is 0 Å². The van der Waals surface area contributed by atoms with Gasteiger partial charge in [0.05, 0.1) is 0 Å². The van der Waals surface area contributed by atoms with Gasteiger partial charge in [0, 0.05) is 30.0 Å². The first-order valence-corrected chi connectivity index (χ1v) is 11.1. The third-order valence-corrected chi connectivity index (χ3v) is 5.96. The standard InChI is InChI=1S/C26H26N2O5/c1-3-28(4-2)20-9-7-19(8-10-20)27-25(17-5-11-21-23(13-17)32-15-30-21)26(29)18-6-12-22-24(14-18)33-16-31-22/h5-14,25,27H,3-4,15-16H2,1-2H3. The van der Waals surface area contributed by atoms with Crippen LogP contribution in [0.25, 0.3) is 0 Å². The van der Waals surface area contributed by atoms with Crippen molar-refractivity contribution in [2.24, 2.45) is 0 Å². The molecular formula is C26H26N2O5. The van der Waals surface area contributed by atoms with E-state index in [-0.39, 0.29) is 19.4 Å². The van der Waals surface area contributed by atoms with Gasteiger partial charge in [0.1, 0.15) is 6.04 Å². The molecule has 0 radical (unpaired) electrons. The molecule has 3 aromatic carbocycles. The number of hydrogen-bond donors (Lipinski definition) is 1. The van der Waals surface area contributed by atoms with Gasteiger partial charge in [0.25, 0.3) is 0 Å². The molecule has 170 valence electrons. The van der Waals surface area contributed by atoms with E-state index in [1.54, 1.807) is 18.2 Å². The van der Waals surface area contributed by atoms with Crippen molar-refractivity contribution < 1.29 is 23.7 Å². The summed E-state index contributed by atoms with van der Waals surface area (Å²) in [6.45, 7) is 6.48. The SMILES string of the molecule is CCN(CC)c1ccc(NC(C(=O)c2ccc3c(c2)OCO3)c2ccc3c(c2)OCO3)cc1. The second-order valence-electron chi connectivity index (χ2n) is 7.84. The van der Waals surface area contributed by atoms with Crippen molar-refractivity contribution in [1.82, 2.24) is 0 Å². The molecule has 1 atom stereocenters. The second kappa shape index (κ2) is 8.94. The summed E-state index contributed by atoms with van der Waals surface area (Å²) in [5.41, 5.74) is 3.32. The van der Waals surface area contributed by atoms with Gasteiger partial charge in [0.2, 0.25) is 13.6 Å². The van der Waals surface area contributed by atoms with Crippen LogP contribution < -0.4 is 29.2 Å². The van der Waals surface area contributed by atoms with E-state index in [2.05, 4.69) is 36.2 Å². The number of nitrogens with one attached hydrogen (secondary N) is 1. The summed E-state index contributed by atoms with van der Waals surface area (Å²) >= 11 is 0. The molecule has 7 heteroatoms. The van der Waals surface area contributed by atoms with Crippen molar-refractivity contribution in [3.05, 3.63) is 71.8 Å². The number of fused-ring (bicyclic) bond motifs is 2. The van der Waals surface area contributed by atoms with E-state index in [0.717, 1.165) is 30.0 Å². The molecule has 1 N–H and O–H groups in total. The number of anilines is 2. The van der Waals surface area contributed by atoms with Crippen molar-refractivity contribution in [3.8, 4) is 23.0 Å². The Hall–Kier alpha value is -3.87. The van der Waals surface area contributed by atoms with Crippen molar-refractivity contribution in [3.63, 3.8) is 0 Å². The summed E-state index contributed by atoms with van der Waals surface area (Å²) in [7, 11) is 0. The highest BCUT2D eigenvalue weighted by Gasteiger charge is 2.26. The van der Waals surface area contributed by atoms with Crippen LogP contribution in [0.5, 0.6) is 23.0 Å². The molecule has 0 aromatic heterocycles. The molecule has 2 aliphatic heterocycles. The van der Waals surface area contributed by atoms with E-state index >= 15 is 0 Å². The number of ketones is 1. The molecule has 0 fully saturated rings. The Labute approximate surface area is 192 Å². The van der Waals surface area contributed by atoms with Gasteiger partial charge in [0.15, 0.2) is 28.8 Å². The van der Waals surface area contributed by atoms with Crippen molar-refractivity contribution in [1.29, 1.82) is 0 Å². The highest BCUT2D eigenvalue weighted by molar-refractivity contribution is 6.03. The number of Topliss-reactive ketones (excluding diaryl/α,β-unsaturated/α-hetero) is 1. The van der Waals surface area contributed by atoms with Gasteiger partial charge >= 0.3 is 0 Å². The van der Waals surface area contributed by atoms with Gasteiger partial charge in [-0.3, -0.25) is 4.79 Å². The fourth-order valence-corrected chi connectivity index (χ4v) is 4.13. The molecule has 0 aliphatic carbocycles. The Morgan fingerprint density at radius 1 is 0.818 bits per heavy atom. The lowest BCUT2D eigenvalue weighted by Gasteiger charge is -2.23. The van der Waals surface area contributed by atoms with Gasteiger partial charge in [-0.2, -0.15) is 0 Å². The predicted octanol–water partition coefficient (Wildman–Crippen LogP) is 5.03. The number of carbonyl (C=O) groups is 1. The second-order valence-corrected chi connectivity index (χ2v) is 7.84. The first kappa shape index (κ1) is 21.0. The van der Waals surface area contributed by atoms with E-state index in [1.807, 2.05) is 30.3 Å². The molecular weight excluding hydrogens is 420 g/mol. The van der Waals surface area contributed by atoms with Crippen LogP contribution in [0.3, 0.4) is 0 Å². The molecule has 0 spiro atoms. The third-order valence-electron chi connectivity index (χ3n) is 5.96. The Kier molecular flexibility index (Phi) is 5.69. The molecule has 33 heavy (non-hydrogen) atoms. The Morgan fingerprint density at radius 3 is 2.09 bits per heavy atom. The average molecular weight is 447 g/mol. The number of carbonyl (C=O) groups excluding carboxylic acids is 1. The van der Waals surface area contributed by atoms with Gasteiger partial charge < -0.3 is 29.2 Å². The van der Waals surface area contributed by atoms with Gasteiger partial charge in [-0.1, -0.05) is 6.07 Å². The number of benzene rings is 3. The number of ether oxygens (including phenoxy) is 4. The molecule has 0 amide bonds. The van der Waals surface area contributed by atoms with E-state index in [1.165, 1.54) is 0 Å². The molecule has 1 unspecified atom stereocenters. The van der Waals surface area contributed by atoms with E-state index in [9.17, 15) is 4.79 Å². The highest BCUT2D eigenvalue weighted by Crippen LogP contribution is 2.38. The Morgan fingerprint density at radius 2 is 1.42 bits per heavy atom. The molecule has 2 aliphatic rings. The maximum atomic E-state index is 13.7. The lowest BCUT2D eigenvalue weighted by atomic mass is 9.96. The van der Waals surface area contributed by atoms with Crippen LogP contribution in [0, 0.1) is 0 Å². The molecule has 7 nitrogen and oxygen atoms in total. The summed E-state index contributed by atoms with van der Waals surface area (Å²) in [5.74, 6) is 2.45. The lowest BCUT2D eigenvalue weighted by molar-refractivity contribution is 0.0969. The molecule has 0 saturated heterocycles. The quantitative estimate of drug-likeness (QED) is 0.487. The summed E-state index contributed by atoms with van der Waals surface area (Å²) in [4.78, 5) is 16.0. The van der Waals surface area contributed by atoms with Crippen molar-refractivity contribution >= 4 is 17.2 Å². The van der Waals surface area contributed by atoms with Crippen LogP contribution in [-0.4, -0.2) is 32.5 Å². The molecule has 0 bridgehead atoms. The van der Waals surface area contributed by atoms with Crippen LogP contribution in [0.15, 0.2) is 60.7 Å². The molecule has 5 rings (SSSR count). The Balaban J connectivity index is 1.47. The largest absolute Gasteiger partial charge is 0.454 e. The minimum atomic E-state index is -0.626. The van der Waals surface area contributed by atoms with Gasteiger partial charge in [-0.15, -0.1) is 0 Å². The highest BCUT2D eigenvalue weighted by atomic mass is 16.7. The minimum absolute atomic E-state index is 0.0833. The van der Waals surface area contributed by atoms with Gasteiger partial charge in [-0.05, 0) is 74.0 Å². The third kappa shape index (κ3) is 4.14. The number of hydrogen-bond acceptors (Lipinski definition) is 7. The smallest absolute Gasteiger partial charge is 0.231 e. The van der Waals surface area contributed by atoms with E-state index in [0.29, 0.717) is 28.6 Å². The fraction of sp³-hybridized carbons (Fsp3) is 0.269. The van der Waals surface area contributed by atoms with E-state index < -0.39 is 6.04 Å². The summed E-state index contributed by atoms with van der Waals surface area (Å²) in [5, 5.41) is 3.42. The number of rotatable bonds is 8. The van der Waals surface area contributed by atoms with Crippen molar-refractivity contribution in [2.75, 3.05) is 36.9 Å². The normalized spacial score (nSPS) is 14.1. The zero-order valence-corrected chi connectivity index (χ0v) is 18.7. The maximum absolute atomic E-state index is 13.7. The first-order chi connectivity index (χ1) is 16.2. The predicted molar refractivity (Wildman–Crippen MR) is 126 cm³/mol. The van der Waals surface area contributed by atoms with Crippen LogP contribution in [0.1, 0.15) is 35.8 Å². The Bertz CT molecular complexity index is 1160. The van der Waals surface area contributed by atoms with Crippen LogP contribution in [0.2, 0.25) is 0 Å². The van der Waals surface area contributed by atoms with E-state index in [4.69, 9.17) is 18.9 Å². The number of nitrogens with zero attached hydrogens (tertiary/aromatic N) is 1. The molecule has 2 heterocycles. The maximum Gasteiger partial charge on any atom is 0.231 e. The first-order valence-electron chi connectivity index (χ1n) is 11.1. The molecule has 0 saturated carbocycles. The van der Waals surface area contributed by atoms with Crippen LogP contribution in [0.4, 0.5) is 11.4 Å². The van der Waals surface area contributed by atoms with Crippen LogP contribution >= 0.6 is 0 Å². The monoisotopic (exact) mass is 446 g/mol. The topological polar surface area (TPSA) is 69.3 Å². The summed E-state index contributed by atoms with van der Waals surface area (Å²) in [6.07, 6.45) is 0. The summed E-state index contributed by atoms with van der Waals surface area (Å²) in [6, 6.07) is 18.4. The fourth-order valence-electron chi connectivity index (χ4n) is 4.13. The zero-order chi connectivity index (χ0) is 22.8. The zero-order valence-electron chi connectivity index (χ0n) is 18.7. The van der Waals surface area contributed by atoms with Gasteiger partial charge in [-0.25, -0.2) is 0 Å². The summed E-state index contributed by atoms with van der Waals surface area (Å²) < 4.78 is 21.9. The average Bonchev–Trinajstić information content (AvgIpc) is 3.52. The lowest BCUT2D eigenvalue weighted by Crippen LogP contribution is -2.22.